The highest BCUT2D eigenvalue weighted by Gasteiger charge is 2.17. The molecule has 0 bridgehead atoms. The lowest BCUT2D eigenvalue weighted by Gasteiger charge is -2.03. The van der Waals surface area contributed by atoms with Crippen LogP contribution in [-0.2, 0) is 10.0 Å². The molecule has 0 fully saturated rings. The second kappa shape index (κ2) is 3.73. The van der Waals surface area contributed by atoms with Crippen LogP contribution in [0.2, 0.25) is 0 Å². The van der Waals surface area contributed by atoms with Gasteiger partial charge in [0.2, 0.25) is 5.96 Å². The molecule has 6 N–H and O–H groups in total. The summed E-state index contributed by atoms with van der Waals surface area (Å²) in [5.74, 6) is -1.38. The maximum absolute atomic E-state index is 12.8. The Morgan fingerprint density at radius 3 is 2.47 bits per heavy atom. The van der Waals surface area contributed by atoms with E-state index in [4.69, 9.17) is 17.2 Å². The molecule has 0 aliphatic rings. The van der Waals surface area contributed by atoms with Gasteiger partial charge in [0.05, 0.1) is 5.69 Å². The lowest BCUT2D eigenvalue weighted by molar-refractivity contribution is 0.593. The number of nitrogens with two attached hydrogens (primary N) is 3. The van der Waals surface area contributed by atoms with Gasteiger partial charge in [0.15, 0.2) is 0 Å². The van der Waals surface area contributed by atoms with Crippen molar-refractivity contribution in [3.8, 4) is 0 Å². The Hall–Kier alpha value is -1.83. The Morgan fingerprint density at radius 1 is 1.33 bits per heavy atom. The van der Waals surface area contributed by atoms with Crippen molar-refractivity contribution in [1.29, 1.82) is 0 Å². The molecule has 0 spiro atoms. The normalized spacial score (nSPS) is 11.0. The van der Waals surface area contributed by atoms with Gasteiger partial charge in [-0.3, -0.25) is 0 Å². The molecule has 0 aromatic heterocycles. The van der Waals surface area contributed by atoms with Crippen LogP contribution in [0.5, 0.6) is 0 Å². The van der Waals surface area contributed by atoms with Crippen LogP contribution in [0.15, 0.2) is 27.5 Å². The Labute approximate surface area is 85.6 Å². The van der Waals surface area contributed by atoms with E-state index in [0.717, 1.165) is 18.2 Å². The summed E-state index contributed by atoms with van der Waals surface area (Å²) in [5, 5.41) is 0. The van der Waals surface area contributed by atoms with Crippen LogP contribution >= 0.6 is 0 Å². The lowest BCUT2D eigenvalue weighted by atomic mass is 10.3. The van der Waals surface area contributed by atoms with Crippen LogP contribution in [0.3, 0.4) is 0 Å². The van der Waals surface area contributed by atoms with Gasteiger partial charge in [-0.15, -0.1) is 4.40 Å². The highest BCUT2D eigenvalue weighted by atomic mass is 32.2. The quantitative estimate of drug-likeness (QED) is 0.355. The van der Waals surface area contributed by atoms with E-state index < -0.39 is 26.7 Å². The van der Waals surface area contributed by atoms with Crippen molar-refractivity contribution in [1.82, 2.24) is 0 Å². The monoisotopic (exact) mass is 232 g/mol. The zero-order valence-electron chi connectivity index (χ0n) is 7.51. The van der Waals surface area contributed by atoms with Gasteiger partial charge >= 0.3 is 0 Å². The topological polar surface area (TPSA) is 125 Å². The average molecular weight is 232 g/mol. The predicted octanol–water partition coefficient (Wildman–Crippen LogP) is -0.630. The van der Waals surface area contributed by atoms with E-state index in [2.05, 4.69) is 4.40 Å². The van der Waals surface area contributed by atoms with E-state index in [1.807, 2.05) is 0 Å². The molecule has 0 atom stereocenters. The number of sulfonamides is 1. The first-order chi connectivity index (χ1) is 6.83. The summed E-state index contributed by atoms with van der Waals surface area (Å²) in [6, 6.07) is 2.89. The van der Waals surface area contributed by atoms with E-state index >= 15 is 0 Å². The first kappa shape index (κ1) is 11.2. The Kier molecular flexibility index (Phi) is 2.80. The summed E-state index contributed by atoms with van der Waals surface area (Å²) in [6.07, 6.45) is 0. The fourth-order valence-electron chi connectivity index (χ4n) is 0.920. The molecule has 1 aromatic carbocycles. The van der Waals surface area contributed by atoms with E-state index in [1.54, 1.807) is 0 Å². The van der Waals surface area contributed by atoms with Gasteiger partial charge in [-0.05, 0) is 18.2 Å². The second-order valence-corrected chi connectivity index (χ2v) is 4.25. The number of halogens is 1. The van der Waals surface area contributed by atoms with Crippen molar-refractivity contribution in [3.63, 3.8) is 0 Å². The van der Waals surface area contributed by atoms with Gasteiger partial charge in [-0.2, -0.15) is 8.42 Å². The summed E-state index contributed by atoms with van der Waals surface area (Å²) >= 11 is 0. The van der Waals surface area contributed by atoms with Crippen LogP contribution in [0, 0.1) is 5.82 Å². The number of benzene rings is 1. The van der Waals surface area contributed by atoms with Crippen LogP contribution in [0.1, 0.15) is 0 Å². The number of guanidine groups is 1. The minimum Gasteiger partial charge on any atom is -0.398 e. The Morgan fingerprint density at radius 2 is 1.93 bits per heavy atom. The summed E-state index contributed by atoms with van der Waals surface area (Å²) in [6.45, 7) is 0. The first-order valence-electron chi connectivity index (χ1n) is 3.74. The molecule has 0 aliphatic heterocycles. The summed E-state index contributed by atoms with van der Waals surface area (Å²) < 4.78 is 38.6. The van der Waals surface area contributed by atoms with Crippen LogP contribution in [0.25, 0.3) is 0 Å². The Balaban J connectivity index is 3.40. The van der Waals surface area contributed by atoms with Crippen molar-refractivity contribution < 1.29 is 12.8 Å². The van der Waals surface area contributed by atoms with Crippen LogP contribution in [0.4, 0.5) is 10.1 Å². The third-order valence-electron chi connectivity index (χ3n) is 1.48. The maximum atomic E-state index is 12.8. The molecule has 8 heteroatoms. The Bertz CT molecular complexity index is 508. The van der Waals surface area contributed by atoms with Crippen molar-refractivity contribution in [2.75, 3.05) is 5.73 Å². The van der Waals surface area contributed by atoms with Gasteiger partial charge in [-0.25, -0.2) is 4.39 Å². The standard InChI is InChI=1S/C7H9FN4O2S/c8-4-1-2-5(9)6(3-4)15(13,14)12-7(10)11/h1-3H,9H2,(H4,10,11,12). The molecule has 1 rings (SSSR count). The number of hydrogen-bond acceptors (Lipinski definition) is 3. The van der Waals surface area contributed by atoms with E-state index in [-0.39, 0.29) is 5.69 Å². The SMILES string of the molecule is NC(N)=NS(=O)(=O)c1cc(F)ccc1N. The molecular weight excluding hydrogens is 223 g/mol. The van der Waals surface area contributed by atoms with E-state index in [0.29, 0.717) is 0 Å². The average Bonchev–Trinajstić information content (AvgIpc) is 2.06. The van der Waals surface area contributed by atoms with Gasteiger partial charge < -0.3 is 17.2 Å². The first-order valence-corrected chi connectivity index (χ1v) is 5.18. The smallest absolute Gasteiger partial charge is 0.287 e. The maximum Gasteiger partial charge on any atom is 0.287 e. The third-order valence-corrected chi connectivity index (χ3v) is 2.84. The number of nitrogen functional groups attached to an aromatic ring is 1. The highest BCUT2D eigenvalue weighted by Crippen LogP contribution is 2.20. The fourth-order valence-corrected chi connectivity index (χ4v) is 1.92. The molecule has 0 heterocycles. The number of hydrogen-bond donors (Lipinski definition) is 3. The van der Waals surface area contributed by atoms with Crippen molar-refractivity contribution in [3.05, 3.63) is 24.0 Å². The lowest BCUT2D eigenvalue weighted by Crippen LogP contribution is -2.24. The molecule has 82 valence electrons. The molecular formula is C7H9FN4O2S. The summed E-state index contributed by atoms with van der Waals surface area (Å²) in [7, 11) is -4.14. The molecule has 0 saturated carbocycles. The van der Waals surface area contributed by atoms with Crippen molar-refractivity contribution in [2.24, 2.45) is 15.9 Å². The fraction of sp³-hybridized carbons (Fsp3) is 0. The van der Waals surface area contributed by atoms with Crippen molar-refractivity contribution >= 4 is 21.7 Å². The zero-order valence-corrected chi connectivity index (χ0v) is 8.33. The van der Waals surface area contributed by atoms with E-state index in [1.165, 1.54) is 0 Å². The van der Waals surface area contributed by atoms with Gasteiger partial charge in [-0.1, -0.05) is 0 Å². The van der Waals surface area contributed by atoms with Gasteiger partial charge in [0, 0.05) is 0 Å². The predicted molar refractivity (Wildman–Crippen MR) is 53.8 cm³/mol. The molecule has 0 radical (unpaired) electrons. The zero-order chi connectivity index (χ0) is 11.6. The summed E-state index contributed by atoms with van der Waals surface area (Å²) in [4.78, 5) is -0.462. The highest BCUT2D eigenvalue weighted by molar-refractivity contribution is 7.90. The largest absolute Gasteiger partial charge is 0.398 e. The molecule has 0 aliphatic carbocycles. The minimum atomic E-state index is -4.14. The van der Waals surface area contributed by atoms with Crippen molar-refractivity contribution in [2.45, 2.75) is 4.90 Å². The molecule has 0 unspecified atom stereocenters. The van der Waals surface area contributed by atoms with Crippen LogP contribution < -0.4 is 17.2 Å². The minimum absolute atomic E-state index is 0.124. The van der Waals surface area contributed by atoms with Crippen LogP contribution in [-0.4, -0.2) is 14.4 Å². The molecule has 0 amide bonds. The third kappa shape index (κ3) is 2.56. The molecule has 15 heavy (non-hydrogen) atoms. The van der Waals surface area contributed by atoms with Gasteiger partial charge in [0.1, 0.15) is 10.7 Å². The molecule has 6 nitrogen and oxygen atoms in total. The number of rotatable bonds is 2. The van der Waals surface area contributed by atoms with E-state index in [9.17, 15) is 12.8 Å². The number of nitrogens with zero attached hydrogens (tertiary/aromatic N) is 1. The number of anilines is 1. The second-order valence-electron chi connectivity index (χ2n) is 2.67. The van der Waals surface area contributed by atoms with Gasteiger partial charge in [0.25, 0.3) is 10.0 Å². The summed E-state index contributed by atoms with van der Waals surface area (Å²) in [5.41, 5.74) is 15.1. The molecule has 0 saturated heterocycles. The molecule has 1 aromatic rings.